The lowest BCUT2D eigenvalue weighted by Crippen LogP contribution is -2.34. The first-order chi connectivity index (χ1) is 11.9. The summed E-state index contributed by atoms with van der Waals surface area (Å²) in [5.74, 6) is -0.486. The SMILES string of the molecule is COc1ccc(C(NC(=O)c2cc(C(C)C)on2)C(=O)O)c(OC)c1. The summed E-state index contributed by atoms with van der Waals surface area (Å²) in [6, 6.07) is 4.84. The van der Waals surface area contributed by atoms with E-state index in [-0.39, 0.29) is 22.9 Å². The first kappa shape index (κ1) is 18.3. The van der Waals surface area contributed by atoms with E-state index in [4.69, 9.17) is 14.0 Å². The molecule has 0 saturated heterocycles. The van der Waals surface area contributed by atoms with Gasteiger partial charge in [-0.15, -0.1) is 0 Å². The van der Waals surface area contributed by atoms with Crippen molar-refractivity contribution in [3.05, 3.63) is 41.3 Å². The lowest BCUT2D eigenvalue weighted by atomic mass is 10.0. The van der Waals surface area contributed by atoms with Crippen molar-refractivity contribution in [3.8, 4) is 11.5 Å². The van der Waals surface area contributed by atoms with E-state index in [1.807, 2.05) is 13.8 Å². The Morgan fingerprint density at radius 3 is 2.44 bits per heavy atom. The highest BCUT2D eigenvalue weighted by Crippen LogP contribution is 2.30. The molecule has 134 valence electrons. The third kappa shape index (κ3) is 4.09. The van der Waals surface area contributed by atoms with E-state index in [0.29, 0.717) is 11.5 Å². The minimum Gasteiger partial charge on any atom is -0.497 e. The minimum absolute atomic E-state index is 0.0161. The summed E-state index contributed by atoms with van der Waals surface area (Å²) in [5, 5.41) is 15.6. The number of carboxylic acid groups (broad SMARTS) is 1. The van der Waals surface area contributed by atoms with E-state index in [1.54, 1.807) is 12.1 Å². The second-order valence-electron chi connectivity index (χ2n) is 5.62. The van der Waals surface area contributed by atoms with E-state index in [0.717, 1.165) is 0 Å². The fraction of sp³-hybridized carbons (Fsp3) is 0.353. The van der Waals surface area contributed by atoms with Gasteiger partial charge >= 0.3 is 5.97 Å². The lowest BCUT2D eigenvalue weighted by molar-refractivity contribution is -0.139. The van der Waals surface area contributed by atoms with Crippen molar-refractivity contribution in [1.82, 2.24) is 10.5 Å². The molecule has 1 aromatic carbocycles. The molecular formula is C17H20N2O6. The van der Waals surface area contributed by atoms with E-state index in [1.165, 1.54) is 26.4 Å². The zero-order valence-corrected chi connectivity index (χ0v) is 14.4. The Bertz CT molecular complexity index is 768. The highest BCUT2D eigenvalue weighted by molar-refractivity contribution is 5.95. The van der Waals surface area contributed by atoms with Gasteiger partial charge in [-0.2, -0.15) is 0 Å². The minimum atomic E-state index is -1.31. The van der Waals surface area contributed by atoms with Crippen LogP contribution in [0.4, 0.5) is 0 Å². The van der Waals surface area contributed by atoms with Crippen LogP contribution in [0.1, 0.15) is 47.6 Å². The second kappa shape index (κ2) is 7.69. The molecule has 0 bridgehead atoms. The average Bonchev–Trinajstić information content (AvgIpc) is 3.09. The summed E-state index contributed by atoms with van der Waals surface area (Å²) in [7, 11) is 2.90. The van der Waals surface area contributed by atoms with Gasteiger partial charge in [0.15, 0.2) is 11.7 Å². The van der Waals surface area contributed by atoms with Crippen LogP contribution >= 0.6 is 0 Å². The molecule has 1 heterocycles. The summed E-state index contributed by atoms with van der Waals surface area (Å²) in [4.78, 5) is 24.0. The standard InChI is InChI=1S/C17H20N2O6/c1-9(2)13-8-12(19-25-13)16(20)18-15(17(21)22)11-6-5-10(23-3)7-14(11)24-4/h5-9,15H,1-4H3,(H,18,20)(H,21,22). The summed E-state index contributed by atoms with van der Waals surface area (Å²) < 4.78 is 15.4. The Balaban J connectivity index is 2.29. The number of aromatic nitrogens is 1. The maximum Gasteiger partial charge on any atom is 0.331 e. The van der Waals surface area contributed by atoms with Gasteiger partial charge in [-0.1, -0.05) is 19.0 Å². The smallest absolute Gasteiger partial charge is 0.331 e. The van der Waals surface area contributed by atoms with Crippen molar-refractivity contribution in [3.63, 3.8) is 0 Å². The third-order valence-corrected chi connectivity index (χ3v) is 3.60. The summed E-state index contributed by atoms with van der Waals surface area (Å²) in [6.07, 6.45) is 0. The number of nitrogens with zero attached hydrogens (tertiary/aromatic N) is 1. The van der Waals surface area contributed by atoms with E-state index in [2.05, 4.69) is 10.5 Å². The summed E-state index contributed by atoms with van der Waals surface area (Å²) >= 11 is 0. The van der Waals surface area contributed by atoms with Crippen LogP contribution in [0.5, 0.6) is 11.5 Å². The second-order valence-corrected chi connectivity index (χ2v) is 5.62. The Kier molecular flexibility index (Phi) is 5.63. The predicted molar refractivity (Wildman–Crippen MR) is 88.0 cm³/mol. The zero-order valence-electron chi connectivity index (χ0n) is 14.4. The van der Waals surface area contributed by atoms with E-state index in [9.17, 15) is 14.7 Å². The van der Waals surface area contributed by atoms with Crippen LogP contribution in [0.15, 0.2) is 28.8 Å². The van der Waals surface area contributed by atoms with Crippen molar-refractivity contribution < 1.29 is 28.7 Å². The number of carbonyl (C=O) groups is 2. The number of nitrogens with one attached hydrogen (secondary N) is 1. The first-order valence-electron chi connectivity index (χ1n) is 7.59. The molecule has 1 aromatic heterocycles. The van der Waals surface area contributed by atoms with Gasteiger partial charge in [0, 0.05) is 23.6 Å². The normalized spacial score (nSPS) is 11.9. The number of amides is 1. The van der Waals surface area contributed by atoms with Crippen LogP contribution in [-0.4, -0.2) is 36.4 Å². The Morgan fingerprint density at radius 1 is 1.20 bits per heavy atom. The van der Waals surface area contributed by atoms with Crippen molar-refractivity contribution in [2.45, 2.75) is 25.8 Å². The summed E-state index contributed by atoms with van der Waals surface area (Å²) in [6.45, 7) is 3.79. The maximum absolute atomic E-state index is 12.3. The number of carbonyl (C=O) groups excluding carboxylic acids is 1. The van der Waals surface area contributed by atoms with Crippen LogP contribution in [0.25, 0.3) is 0 Å². The van der Waals surface area contributed by atoms with Gasteiger partial charge < -0.3 is 24.4 Å². The number of rotatable bonds is 7. The molecule has 0 aliphatic rings. The number of hydrogen-bond donors (Lipinski definition) is 2. The fourth-order valence-electron chi connectivity index (χ4n) is 2.20. The molecule has 0 fully saturated rings. The summed E-state index contributed by atoms with van der Waals surface area (Å²) in [5.41, 5.74) is 0.305. The Hall–Kier alpha value is -3.03. The van der Waals surface area contributed by atoms with Crippen molar-refractivity contribution in [1.29, 1.82) is 0 Å². The third-order valence-electron chi connectivity index (χ3n) is 3.60. The molecule has 1 unspecified atom stereocenters. The molecule has 0 spiro atoms. The van der Waals surface area contributed by atoms with Gasteiger partial charge in [-0.3, -0.25) is 4.79 Å². The van der Waals surface area contributed by atoms with Crippen LogP contribution in [0, 0.1) is 0 Å². The van der Waals surface area contributed by atoms with E-state index < -0.39 is 17.9 Å². The lowest BCUT2D eigenvalue weighted by Gasteiger charge is -2.17. The molecule has 8 heteroatoms. The van der Waals surface area contributed by atoms with Gasteiger partial charge in [0.2, 0.25) is 0 Å². The van der Waals surface area contributed by atoms with Crippen LogP contribution in [0.2, 0.25) is 0 Å². The van der Waals surface area contributed by atoms with Crippen molar-refractivity contribution >= 4 is 11.9 Å². The van der Waals surface area contributed by atoms with Gasteiger partial charge in [-0.05, 0) is 12.1 Å². The number of carboxylic acids is 1. The van der Waals surface area contributed by atoms with Gasteiger partial charge in [-0.25, -0.2) is 4.79 Å². The van der Waals surface area contributed by atoms with Crippen LogP contribution < -0.4 is 14.8 Å². The molecule has 2 N–H and O–H groups in total. The number of methoxy groups -OCH3 is 2. The number of benzene rings is 1. The maximum atomic E-state index is 12.3. The van der Waals surface area contributed by atoms with E-state index >= 15 is 0 Å². The van der Waals surface area contributed by atoms with Crippen LogP contribution in [0.3, 0.4) is 0 Å². The highest BCUT2D eigenvalue weighted by atomic mass is 16.5. The molecule has 0 aliphatic carbocycles. The Labute approximate surface area is 144 Å². The zero-order chi connectivity index (χ0) is 18.6. The molecule has 0 saturated carbocycles. The molecule has 8 nitrogen and oxygen atoms in total. The number of aliphatic carboxylic acids is 1. The quantitative estimate of drug-likeness (QED) is 0.790. The molecule has 0 radical (unpaired) electrons. The molecule has 1 amide bonds. The van der Waals surface area contributed by atoms with Gasteiger partial charge in [0.25, 0.3) is 5.91 Å². The number of hydrogen-bond acceptors (Lipinski definition) is 6. The Morgan fingerprint density at radius 2 is 1.92 bits per heavy atom. The van der Waals surface area contributed by atoms with Gasteiger partial charge in [0.1, 0.15) is 17.3 Å². The molecular weight excluding hydrogens is 328 g/mol. The topological polar surface area (TPSA) is 111 Å². The first-order valence-corrected chi connectivity index (χ1v) is 7.59. The van der Waals surface area contributed by atoms with Crippen LogP contribution in [-0.2, 0) is 4.79 Å². The molecule has 2 rings (SSSR count). The molecule has 25 heavy (non-hydrogen) atoms. The fourth-order valence-corrected chi connectivity index (χ4v) is 2.20. The molecule has 1 atom stereocenters. The monoisotopic (exact) mass is 348 g/mol. The molecule has 0 aliphatic heterocycles. The average molecular weight is 348 g/mol. The van der Waals surface area contributed by atoms with Crippen molar-refractivity contribution in [2.24, 2.45) is 0 Å². The number of ether oxygens (including phenoxy) is 2. The largest absolute Gasteiger partial charge is 0.497 e. The molecule has 2 aromatic rings. The highest BCUT2D eigenvalue weighted by Gasteiger charge is 2.27. The van der Waals surface area contributed by atoms with Gasteiger partial charge in [0.05, 0.1) is 14.2 Å². The predicted octanol–water partition coefficient (Wildman–Crippen LogP) is 2.37. The van der Waals surface area contributed by atoms with Crippen molar-refractivity contribution in [2.75, 3.05) is 14.2 Å².